The molecule has 0 unspecified atom stereocenters. The Morgan fingerprint density at radius 2 is 1.62 bits per heavy atom. The van der Waals surface area contributed by atoms with Gasteiger partial charge in [0.1, 0.15) is 6.61 Å². The summed E-state index contributed by atoms with van der Waals surface area (Å²) >= 11 is 3.03. The average Bonchev–Trinajstić information content (AvgIpc) is 2.59. The number of rotatable bonds is 5. The number of halogens is 2. The topological polar surface area (TPSA) is 44.8 Å². The highest BCUT2D eigenvalue weighted by molar-refractivity contribution is 7.74. The number of ether oxygens (including phenoxy) is 1. The molecule has 0 atom stereocenters. The van der Waals surface area contributed by atoms with Gasteiger partial charge in [-0.1, -0.05) is 48.5 Å². The Morgan fingerprint density at radius 3 is 2.33 bits per heavy atom. The van der Waals surface area contributed by atoms with Crippen molar-refractivity contribution in [2.24, 2.45) is 0 Å². The summed E-state index contributed by atoms with van der Waals surface area (Å²) in [6.45, 7) is -0.324. The molecule has 3 aromatic carbocycles. The maximum absolute atomic E-state index is 13.2. The number of benzene rings is 3. The van der Waals surface area contributed by atoms with Crippen LogP contribution in [0.4, 0.5) is 8.78 Å². The predicted molar refractivity (Wildman–Crippen MR) is 87.4 cm³/mol. The van der Waals surface area contributed by atoms with E-state index in [0.717, 1.165) is 21.5 Å². The second kappa shape index (κ2) is 6.72. The minimum absolute atomic E-state index is 0.324. The Hall–Kier alpha value is -2.22. The van der Waals surface area contributed by atoms with Crippen molar-refractivity contribution in [3.8, 4) is 0 Å². The van der Waals surface area contributed by atoms with E-state index in [1.807, 2.05) is 48.5 Å². The molecule has 0 spiro atoms. The highest BCUT2D eigenvalue weighted by Crippen LogP contribution is 2.29. The van der Waals surface area contributed by atoms with E-state index in [0.29, 0.717) is 5.56 Å². The van der Waals surface area contributed by atoms with E-state index < -0.39 is 12.1 Å². The summed E-state index contributed by atoms with van der Waals surface area (Å²) in [5.41, 5.74) is 0.611. The highest BCUT2D eigenvalue weighted by Gasteiger charge is 2.44. The molecule has 0 N–H and O–H groups in total. The third kappa shape index (κ3) is 3.19. The minimum atomic E-state index is -4.23. The van der Waals surface area contributed by atoms with E-state index in [2.05, 4.69) is 26.9 Å². The second-order valence-corrected chi connectivity index (χ2v) is 5.20. The maximum atomic E-state index is 13.2. The van der Waals surface area contributed by atoms with Gasteiger partial charge in [-0.3, -0.25) is 0 Å². The lowest BCUT2D eigenvalue weighted by molar-refractivity contribution is -0.369. The van der Waals surface area contributed by atoms with Crippen molar-refractivity contribution in [2.75, 3.05) is 0 Å². The molecule has 0 amide bonds. The molecule has 3 rings (SSSR count). The fourth-order valence-electron chi connectivity index (χ4n) is 2.56. The first-order valence-corrected chi connectivity index (χ1v) is 7.33. The normalized spacial score (nSPS) is 11.8. The fraction of sp³-hybridized carbons (Fsp3) is 0.118. The van der Waals surface area contributed by atoms with Crippen LogP contribution in [0, 0.1) is 0 Å². The van der Waals surface area contributed by atoms with Crippen LogP contribution in [0.15, 0.2) is 54.6 Å². The van der Waals surface area contributed by atoms with Gasteiger partial charge < -0.3 is 4.74 Å². The molecule has 0 bridgehead atoms. The van der Waals surface area contributed by atoms with Crippen LogP contribution < -0.4 is 0 Å². The Bertz CT molecular complexity index is 898. The SMILES string of the molecule is O=C(OCc1cc2ccccc2c2ccccc12)C(F)(F)OOS. The van der Waals surface area contributed by atoms with Gasteiger partial charge in [0.15, 0.2) is 0 Å². The van der Waals surface area contributed by atoms with Crippen LogP contribution in [0.5, 0.6) is 0 Å². The zero-order valence-corrected chi connectivity index (χ0v) is 13.1. The van der Waals surface area contributed by atoms with Crippen molar-refractivity contribution in [3.05, 3.63) is 60.2 Å². The van der Waals surface area contributed by atoms with Crippen LogP contribution in [0.3, 0.4) is 0 Å². The molecule has 7 heteroatoms. The third-order valence-electron chi connectivity index (χ3n) is 3.59. The molecule has 0 fully saturated rings. The molecule has 24 heavy (non-hydrogen) atoms. The lowest BCUT2D eigenvalue weighted by Crippen LogP contribution is -2.33. The largest absolute Gasteiger partial charge is 0.483 e. The molecule has 0 radical (unpaired) electrons. The molecule has 0 heterocycles. The van der Waals surface area contributed by atoms with E-state index in [1.165, 1.54) is 0 Å². The molecule has 0 aliphatic heterocycles. The zero-order chi connectivity index (χ0) is 17.2. The van der Waals surface area contributed by atoms with Crippen molar-refractivity contribution in [1.29, 1.82) is 0 Å². The van der Waals surface area contributed by atoms with Crippen molar-refractivity contribution in [2.45, 2.75) is 12.7 Å². The molecule has 0 aliphatic carbocycles. The lowest BCUT2D eigenvalue weighted by atomic mass is 9.98. The van der Waals surface area contributed by atoms with E-state index >= 15 is 0 Å². The molecule has 0 saturated carbocycles. The Labute approximate surface area is 141 Å². The van der Waals surface area contributed by atoms with Crippen molar-refractivity contribution >= 4 is 40.4 Å². The first-order chi connectivity index (χ1) is 11.5. The number of thiol groups is 1. The summed E-state index contributed by atoms with van der Waals surface area (Å²) in [6, 6.07) is 17.0. The quantitative estimate of drug-likeness (QED) is 0.185. The minimum Gasteiger partial charge on any atom is -0.454 e. The van der Waals surface area contributed by atoms with Gasteiger partial charge in [-0.2, -0.15) is 13.1 Å². The van der Waals surface area contributed by atoms with Gasteiger partial charge in [0.05, 0.1) is 0 Å². The Balaban J connectivity index is 1.95. The predicted octanol–water partition coefficient (Wildman–Crippen LogP) is 4.42. The number of hydrogen-bond donors (Lipinski definition) is 1. The molecule has 124 valence electrons. The zero-order valence-electron chi connectivity index (χ0n) is 12.2. The number of esters is 1. The van der Waals surface area contributed by atoms with Gasteiger partial charge in [0, 0.05) is 12.9 Å². The molecular formula is C17H12F2O4S. The number of carbonyl (C=O) groups excluding carboxylic acids is 1. The average molecular weight is 350 g/mol. The van der Waals surface area contributed by atoms with E-state index in [4.69, 9.17) is 0 Å². The summed E-state index contributed by atoms with van der Waals surface area (Å²) in [5, 5.41) is 3.71. The standard InChI is InChI=1S/C17H12F2O4S/c18-17(19,22-23-24)16(20)21-10-12-9-11-5-1-2-6-13(11)15-8-4-3-7-14(12)15/h1-9,24H,10H2. The Kier molecular flexibility index (Phi) is 4.66. The molecule has 3 aromatic rings. The molecular weight excluding hydrogens is 338 g/mol. The highest BCUT2D eigenvalue weighted by atomic mass is 32.1. The second-order valence-electron chi connectivity index (χ2n) is 5.05. The van der Waals surface area contributed by atoms with Crippen LogP contribution >= 0.6 is 12.9 Å². The van der Waals surface area contributed by atoms with Gasteiger partial charge in [0.25, 0.3) is 0 Å². The van der Waals surface area contributed by atoms with Gasteiger partial charge in [-0.25, -0.2) is 4.79 Å². The van der Waals surface area contributed by atoms with Crippen LogP contribution in [-0.2, 0) is 25.4 Å². The molecule has 0 saturated heterocycles. The van der Waals surface area contributed by atoms with Crippen LogP contribution in [0.25, 0.3) is 21.5 Å². The summed E-state index contributed by atoms with van der Waals surface area (Å²) in [6.07, 6.45) is -4.23. The van der Waals surface area contributed by atoms with E-state index in [1.54, 1.807) is 6.07 Å². The monoisotopic (exact) mass is 350 g/mol. The van der Waals surface area contributed by atoms with E-state index in [9.17, 15) is 13.6 Å². The molecule has 4 nitrogen and oxygen atoms in total. The number of hydrogen-bond acceptors (Lipinski definition) is 5. The summed E-state index contributed by atoms with van der Waals surface area (Å²) in [5.74, 6) is -1.85. The van der Waals surface area contributed by atoms with Crippen molar-refractivity contribution in [1.82, 2.24) is 0 Å². The van der Waals surface area contributed by atoms with Gasteiger partial charge in [-0.05, 0) is 33.2 Å². The van der Waals surface area contributed by atoms with Gasteiger partial charge in [0.2, 0.25) is 0 Å². The van der Waals surface area contributed by atoms with Crippen LogP contribution in [0.1, 0.15) is 5.56 Å². The number of fused-ring (bicyclic) bond motifs is 3. The first-order valence-electron chi connectivity index (χ1n) is 6.96. The Morgan fingerprint density at radius 1 is 1.00 bits per heavy atom. The van der Waals surface area contributed by atoms with Gasteiger partial charge >= 0.3 is 12.1 Å². The molecule has 0 aromatic heterocycles. The van der Waals surface area contributed by atoms with Crippen molar-refractivity contribution < 1.29 is 27.5 Å². The smallest absolute Gasteiger partial charge is 0.454 e. The summed E-state index contributed by atoms with van der Waals surface area (Å²) < 4.78 is 34.7. The van der Waals surface area contributed by atoms with E-state index in [-0.39, 0.29) is 6.61 Å². The third-order valence-corrected chi connectivity index (χ3v) is 3.67. The maximum Gasteiger partial charge on any atom is 0.483 e. The fourth-order valence-corrected chi connectivity index (χ4v) is 2.65. The first kappa shape index (κ1) is 16.6. The van der Waals surface area contributed by atoms with Crippen LogP contribution in [-0.4, -0.2) is 12.1 Å². The number of alkyl halides is 2. The molecule has 0 aliphatic rings. The lowest BCUT2D eigenvalue weighted by Gasteiger charge is -2.14. The van der Waals surface area contributed by atoms with Gasteiger partial charge in [-0.15, -0.1) is 4.89 Å². The summed E-state index contributed by atoms with van der Waals surface area (Å²) in [7, 11) is 0. The van der Waals surface area contributed by atoms with Crippen LogP contribution in [0.2, 0.25) is 0 Å². The number of carbonyl (C=O) groups is 1. The van der Waals surface area contributed by atoms with Crippen molar-refractivity contribution in [3.63, 3.8) is 0 Å². The summed E-state index contributed by atoms with van der Waals surface area (Å²) in [4.78, 5) is 14.9.